The smallest absolute Gasteiger partial charge is 0.222 e. The van der Waals surface area contributed by atoms with Crippen LogP contribution >= 0.6 is 0 Å². The molecule has 0 N–H and O–H groups in total. The van der Waals surface area contributed by atoms with E-state index < -0.39 is 0 Å². The number of aromatic nitrogens is 2. The van der Waals surface area contributed by atoms with Crippen LogP contribution in [0.4, 0.5) is 0 Å². The normalized spacial score (nSPS) is 15.0. The maximum absolute atomic E-state index is 12.3. The first kappa shape index (κ1) is 25.9. The molecule has 0 spiro atoms. The molecule has 0 radical (unpaired) electrons. The molecule has 0 aromatic carbocycles. The largest absolute Gasteiger partial charge is 0.343 e. The maximum Gasteiger partial charge on any atom is 0.222 e. The minimum atomic E-state index is 0.379. The minimum Gasteiger partial charge on any atom is -0.343 e. The summed E-state index contributed by atoms with van der Waals surface area (Å²) in [6.45, 7) is 7.49. The van der Waals surface area contributed by atoms with E-state index in [9.17, 15) is 4.79 Å². The molecule has 0 unspecified atom stereocenters. The number of hydrogen-bond donors (Lipinski definition) is 0. The average molecular weight is 432 g/mol. The van der Waals surface area contributed by atoms with E-state index in [0.29, 0.717) is 5.91 Å². The highest BCUT2D eigenvalue weighted by atomic mass is 16.2. The lowest BCUT2D eigenvalue weighted by molar-refractivity contribution is -0.132. The topological polar surface area (TPSA) is 38.1 Å². The van der Waals surface area contributed by atoms with Gasteiger partial charge in [-0.2, -0.15) is 0 Å². The molecule has 31 heavy (non-hydrogen) atoms. The molecule has 1 fully saturated rings. The van der Waals surface area contributed by atoms with Gasteiger partial charge in [0.25, 0.3) is 0 Å². The Morgan fingerprint density at radius 2 is 1.52 bits per heavy atom. The highest BCUT2D eigenvalue weighted by molar-refractivity contribution is 5.76. The molecule has 1 aromatic heterocycles. The van der Waals surface area contributed by atoms with Crippen LogP contribution < -0.4 is 0 Å². The van der Waals surface area contributed by atoms with Crippen LogP contribution in [0, 0.1) is 5.92 Å². The summed E-state index contributed by atoms with van der Waals surface area (Å²) in [7, 11) is 0. The molecule has 1 aromatic rings. The molecule has 178 valence electrons. The van der Waals surface area contributed by atoms with E-state index in [1.807, 2.05) is 6.20 Å². The van der Waals surface area contributed by atoms with Crippen molar-refractivity contribution >= 4 is 5.91 Å². The van der Waals surface area contributed by atoms with Crippen molar-refractivity contribution in [2.75, 3.05) is 13.1 Å². The van der Waals surface area contributed by atoms with Crippen molar-refractivity contribution < 1.29 is 4.79 Å². The van der Waals surface area contributed by atoms with Gasteiger partial charge in [-0.1, -0.05) is 78.1 Å². The van der Waals surface area contributed by atoms with Gasteiger partial charge < -0.3 is 9.47 Å². The van der Waals surface area contributed by atoms with Crippen LogP contribution in [0.25, 0.3) is 0 Å². The molecule has 2 rings (SSSR count). The SMILES string of the molecule is CCCCCCCCCCCc1nccn1CCC1CCN(C(=O)CCCCC)CC1. The molecule has 1 aliphatic heterocycles. The third kappa shape index (κ3) is 10.7. The van der Waals surface area contributed by atoms with E-state index in [1.54, 1.807) is 0 Å². The lowest BCUT2D eigenvalue weighted by atomic mass is 9.93. The van der Waals surface area contributed by atoms with E-state index in [1.165, 1.54) is 95.7 Å². The fraction of sp³-hybridized carbons (Fsp3) is 0.852. The summed E-state index contributed by atoms with van der Waals surface area (Å²) in [5.41, 5.74) is 0. The monoisotopic (exact) mass is 431 g/mol. The van der Waals surface area contributed by atoms with Crippen molar-refractivity contribution in [3.05, 3.63) is 18.2 Å². The molecule has 1 saturated heterocycles. The number of carbonyl (C=O) groups is 1. The molecular formula is C27H49N3O. The lowest BCUT2D eigenvalue weighted by Gasteiger charge is -2.32. The Balaban J connectivity index is 1.56. The number of likely N-dealkylation sites (tertiary alicyclic amines) is 1. The Bertz CT molecular complexity index is 575. The molecule has 2 heterocycles. The lowest BCUT2D eigenvalue weighted by Crippen LogP contribution is -2.38. The second-order valence-corrected chi connectivity index (χ2v) is 9.69. The summed E-state index contributed by atoms with van der Waals surface area (Å²) in [4.78, 5) is 19.0. The first-order chi connectivity index (χ1) is 15.2. The Kier molecular flexibility index (Phi) is 13.7. The zero-order valence-corrected chi connectivity index (χ0v) is 20.6. The molecule has 0 atom stereocenters. The van der Waals surface area contributed by atoms with E-state index in [-0.39, 0.29) is 0 Å². The van der Waals surface area contributed by atoms with Gasteiger partial charge in [0.2, 0.25) is 5.91 Å². The standard InChI is InChI=1S/C27H49N3O/c1-3-5-7-8-9-10-11-12-14-15-26-28-20-24-29(26)21-17-25-18-22-30(23-19-25)27(31)16-13-6-4-2/h20,24-25H,3-19,21-23H2,1-2H3. The molecule has 1 amide bonds. The number of piperidine rings is 1. The van der Waals surface area contributed by atoms with Crippen molar-refractivity contribution in [3.8, 4) is 0 Å². The summed E-state index contributed by atoms with van der Waals surface area (Å²) >= 11 is 0. The number of nitrogens with zero attached hydrogens (tertiary/aromatic N) is 3. The van der Waals surface area contributed by atoms with E-state index in [0.717, 1.165) is 44.8 Å². The fourth-order valence-electron chi connectivity index (χ4n) is 4.84. The van der Waals surface area contributed by atoms with Crippen LogP contribution in [0.2, 0.25) is 0 Å². The fourth-order valence-corrected chi connectivity index (χ4v) is 4.84. The Morgan fingerprint density at radius 3 is 2.19 bits per heavy atom. The number of aryl methyl sites for hydroxylation is 2. The molecule has 0 bridgehead atoms. The first-order valence-corrected chi connectivity index (χ1v) is 13.5. The highest BCUT2D eigenvalue weighted by Gasteiger charge is 2.22. The maximum atomic E-state index is 12.3. The van der Waals surface area contributed by atoms with E-state index >= 15 is 0 Å². The Labute approximate surface area is 192 Å². The third-order valence-corrected chi connectivity index (χ3v) is 7.05. The van der Waals surface area contributed by atoms with Crippen molar-refractivity contribution in [2.45, 2.75) is 130 Å². The first-order valence-electron chi connectivity index (χ1n) is 13.5. The van der Waals surface area contributed by atoms with Gasteiger partial charge in [-0.3, -0.25) is 4.79 Å². The quantitative estimate of drug-likeness (QED) is 0.245. The molecule has 4 nitrogen and oxygen atoms in total. The van der Waals surface area contributed by atoms with Crippen molar-refractivity contribution in [1.82, 2.24) is 14.5 Å². The van der Waals surface area contributed by atoms with Crippen LogP contribution in [0.15, 0.2) is 12.4 Å². The molecular weight excluding hydrogens is 382 g/mol. The van der Waals surface area contributed by atoms with Gasteiger partial charge in [-0.25, -0.2) is 4.98 Å². The summed E-state index contributed by atoms with van der Waals surface area (Å²) < 4.78 is 2.38. The van der Waals surface area contributed by atoms with Crippen molar-refractivity contribution in [3.63, 3.8) is 0 Å². The van der Waals surface area contributed by atoms with Crippen LogP contribution in [0.1, 0.15) is 122 Å². The van der Waals surface area contributed by atoms with E-state index in [4.69, 9.17) is 0 Å². The zero-order valence-electron chi connectivity index (χ0n) is 20.6. The summed E-state index contributed by atoms with van der Waals surface area (Å²) in [5, 5.41) is 0. The van der Waals surface area contributed by atoms with Crippen LogP contribution in [-0.2, 0) is 17.8 Å². The van der Waals surface area contributed by atoms with Gasteiger partial charge in [-0.05, 0) is 38.0 Å². The molecule has 1 aliphatic rings. The highest BCUT2D eigenvalue weighted by Crippen LogP contribution is 2.22. The minimum absolute atomic E-state index is 0.379. The summed E-state index contributed by atoms with van der Waals surface area (Å²) in [5.74, 6) is 2.40. The number of hydrogen-bond acceptors (Lipinski definition) is 2. The van der Waals surface area contributed by atoms with Crippen molar-refractivity contribution in [2.24, 2.45) is 5.92 Å². The second-order valence-electron chi connectivity index (χ2n) is 9.69. The van der Waals surface area contributed by atoms with Crippen molar-refractivity contribution in [1.29, 1.82) is 0 Å². The van der Waals surface area contributed by atoms with Gasteiger partial charge in [0, 0.05) is 44.9 Å². The molecule has 0 saturated carbocycles. The number of imidazole rings is 1. The van der Waals surface area contributed by atoms with Crippen LogP contribution in [0.3, 0.4) is 0 Å². The Hall–Kier alpha value is -1.32. The Morgan fingerprint density at radius 1 is 0.903 bits per heavy atom. The van der Waals surface area contributed by atoms with Gasteiger partial charge in [0.05, 0.1) is 0 Å². The molecule has 0 aliphatic carbocycles. The number of unbranched alkanes of at least 4 members (excludes halogenated alkanes) is 10. The second kappa shape index (κ2) is 16.3. The van der Waals surface area contributed by atoms with Gasteiger partial charge in [0.15, 0.2) is 0 Å². The van der Waals surface area contributed by atoms with Gasteiger partial charge in [0.1, 0.15) is 5.82 Å². The number of amides is 1. The predicted octanol–water partition coefficient (Wildman–Crippen LogP) is 7.17. The number of rotatable bonds is 17. The van der Waals surface area contributed by atoms with Crippen LogP contribution in [-0.4, -0.2) is 33.4 Å². The van der Waals surface area contributed by atoms with E-state index in [2.05, 4.69) is 34.5 Å². The third-order valence-electron chi connectivity index (χ3n) is 7.05. The number of carbonyl (C=O) groups excluding carboxylic acids is 1. The zero-order chi connectivity index (χ0) is 22.2. The van der Waals surface area contributed by atoms with Crippen LogP contribution in [0.5, 0.6) is 0 Å². The predicted molar refractivity (Wildman–Crippen MR) is 131 cm³/mol. The average Bonchev–Trinajstić information content (AvgIpc) is 3.24. The summed E-state index contributed by atoms with van der Waals surface area (Å²) in [6.07, 6.45) is 25.4. The van der Waals surface area contributed by atoms with Gasteiger partial charge >= 0.3 is 0 Å². The summed E-state index contributed by atoms with van der Waals surface area (Å²) in [6, 6.07) is 0. The van der Waals surface area contributed by atoms with Gasteiger partial charge in [-0.15, -0.1) is 0 Å². The molecule has 4 heteroatoms.